The van der Waals surface area contributed by atoms with Crippen LogP contribution in [-0.4, -0.2) is 22.9 Å². The predicted molar refractivity (Wildman–Crippen MR) is 66.0 cm³/mol. The number of aromatic nitrogens is 2. The lowest BCUT2D eigenvalue weighted by Crippen LogP contribution is -2.12. The van der Waals surface area contributed by atoms with E-state index < -0.39 is 0 Å². The molecule has 17 heavy (non-hydrogen) atoms. The Kier molecular flexibility index (Phi) is 3.30. The highest BCUT2D eigenvalue weighted by Crippen LogP contribution is 2.10. The summed E-state index contributed by atoms with van der Waals surface area (Å²) in [5.74, 6) is 0.488. The molecule has 0 unspecified atom stereocenters. The van der Waals surface area contributed by atoms with Gasteiger partial charge in [0.25, 0.3) is 5.91 Å². The minimum atomic E-state index is -0.171. The van der Waals surface area contributed by atoms with Gasteiger partial charge in [0.05, 0.1) is 0 Å². The highest BCUT2D eigenvalue weighted by Gasteiger charge is 2.06. The van der Waals surface area contributed by atoms with Crippen molar-refractivity contribution in [3.05, 3.63) is 48.4 Å². The lowest BCUT2D eigenvalue weighted by atomic mass is 10.2. The molecule has 2 rings (SSSR count). The smallest absolute Gasteiger partial charge is 0.255 e. The fourth-order valence-electron chi connectivity index (χ4n) is 1.35. The molecule has 2 heterocycles. The van der Waals surface area contributed by atoms with Gasteiger partial charge in [0.15, 0.2) is 0 Å². The van der Waals surface area contributed by atoms with Gasteiger partial charge in [0.2, 0.25) is 0 Å². The van der Waals surface area contributed by atoms with Crippen LogP contribution in [0.4, 0.5) is 11.5 Å². The van der Waals surface area contributed by atoms with E-state index in [1.54, 1.807) is 49.9 Å². The second kappa shape index (κ2) is 5.07. The Morgan fingerprint density at radius 1 is 1.18 bits per heavy atom. The first kappa shape index (κ1) is 11.1. The Bertz CT molecular complexity index is 513. The standard InChI is InChI=1S/C12H12N4O/c1-13-11-8-9(2-7-15-11)12(17)16-10-3-5-14-6-4-10/h2-8H,1H3,(H,13,15)(H,14,16,17). The molecule has 0 bridgehead atoms. The van der Waals surface area contributed by atoms with Crippen LogP contribution < -0.4 is 10.6 Å². The van der Waals surface area contributed by atoms with Crippen molar-refractivity contribution in [1.82, 2.24) is 9.97 Å². The van der Waals surface area contributed by atoms with Gasteiger partial charge in [0, 0.05) is 36.9 Å². The minimum Gasteiger partial charge on any atom is -0.373 e. The Morgan fingerprint density at radius 3 is 2.65 bits per heavy atom. The highest BCUT2D eigenvalue weighted by atomic mass is 16.1. The van der Waals surface area contributed by atoms with Gasteiger partial charge in [-0.05, 0) is 24.3 Å². The molecule has 0 atom stereocenters. The van der Waals surface area contributed by atoms with E-state index >= 15 is 0 Å². The third-order valence-corrected chi connectivity index (χ3v) is 2.22. The number of carbonyl (C=O) groups excluding carboxylic acids is 1. The van der Waals surface area contributed by atoms with Gasteiger partial charge < -0.3 is 10.6 Å². The minimum absolute atomic E-state index is 0.171. The van der Waals surface area contributed by atoms with Gasteiger partial charge in [0.1, 0.15) is 5.82 Å². The molecular formula is C12H12N4O. The van der Waals surface area contributed by atoms with Crippen molar-refractivity contribution in [1.29, 1.82) is 0 Å². The number of nitrogens with zero attached hydrogens (tertiary/aromatic N) is 2. The molecule has 0 aliphatic carbocycles. The zero-order valence-corrected chi connectivity index (χ0v) is 9.34. The van der Waals surface area contributed by atoms with E-state index in [1.807, 2.05) is 0 Å². The van der Waals surface area contributed by atoms with Gasteiger partial charge in [-0.2, -0.15) is 0 Å². The third kappa shape index (κ3) is 2.78. The average Bonchev–Trinajstić information content (AvgIpc) is 2.40. The second-order valence-electron chi connectivity index (χ2n) is 3.37. The zero-order chi connectivity index (χ0) is 12.1. The Balaban J connectivity index is 2.14. The zero-order valence-electron chi connectivity index (χ0n) is 9.34. The van der Waals surface area contributed by atoms with Crippen molar-refractivity contribution >= 4 is 17.4 Å². The number of amides is 1. The summed E-state index contributed by atoms with van der Waals surface area (Å²) >= 11 is 0. The van der Waals surface area contributed by atoms with Gasteiger partial charge in [-0.25, -0.2) is 4.98 Å². The van der Waals surface area contributed by atoms with E-state index in [0.29, 0.717) is 17.1 Å². The second-order valence-corrected chi connectivity index (χ2v) is 3.37. The number of carbonyl (C=O) groups is 1. The Hall–Kier alpha value is -2.43. The van der Waals surface area contributed by atoms with E-state index in [-0.39, 0.29) is 5.91 Å². The number of nitrogens with one attached hydrogen (secondary N) is 2. The van der Waals surface area contributed by atoms with Crippen LogP contribution in [0, 0.1) is 0 Å². The summed E-state index contributed by atoms with van der Waals surface area (Å²) in [6.07, 6.45) is 4.84. The molecule has 0 aliphatic heterocycles. The molecule has 5 nitrogen and oxygen atoms in total. The molecular weight excluding hydrogens is 216 g/mol. The first-order valence-electron chi connectivity index (χ1n) is 5.15. The normalized spacial score (nSPS) is 9.71. The summed E-state index contributed by atoms with van der Waals surface area (Å²) < 4.78 is 0. The van der Waals surface area contributed by atoms with Crippen LogP contribution in [-0.2, 0) is 0 Å². The number of pyridine rings is 2. The molecule has 2 aromatic rings. The number of hydrogen-bond acceptors (Lipinski definition) is 4. The Labute approximate surface area is 98.9 Å². The first-order chi connectivity index (χ1) is 8.29. The third-order valence-electron chi connectivity index (χ3n) is 2.22. The molecule has 5 heteroatoms. The molecule has 86 valence electrons. The van der Waals surface area contributed by atoms with Crippen molar-refractivity contribution in [2.75, 3.05) is 17.7 Å². The van der Waals surface area contributed by atoms with E-state index in [0.717, 1.165) is 0 Å². The van der Waals surface area contributed by atoms with Crippen molar-refractivity contribution < 1.29 is 4.79 Å². The quantitative estimate of drug-likeness (QED) is 0.840. The molecule has 0 fully saturated rings. The number of hydrogen-bond donors (Lipinski definition) is 2. The van der Waals surface area contributed by atoms with Crippen molar-refractivity contribution in [3.63, 3.8) is 0 Å². The molecule has 0 aromatic carbocycles. The van der Waals surface area contributed by atoms with Crippen molar-refractivity contribution in [2.24, 2.45) is 0 Å². The van der Waals surface area contributed by atoms with Crippen LogP contribution >= 0.6 is 0 Å². The highest BCUT2D eigenvalue weighted by molar-refractivity contribution is 6.04. The SMILES string of the molecule is CNc1cc(C(=O)Nc2ccncc2)ccn1. The van der Waals surface area contributed by atoms with Crippen LogP contribution in [0.3, 0.4) is 0 Å². The molecule has 0 aliphatic rings. The topological polar surface area (TPSA) is 66.9 Å². The van der Waals surface area contributed by atoms with Crippen molar-refractivity contribution in [2.45, 2.75) is 0 Å². The van der Waals surface area contributed by atoms with Gasteiger partial charge in [-0.3, -0.25) is 9.78 Å². The van der Waals surface area contributed by atoms with E-state index in [2.05, 4.69) is 20.6 Å². The fraction of sp³-hybridized carbons (Fsp3) is 0.0833. The molecule has 2 aromatic heterocycles. The van der Waals surface area contributed by atoms with E-state index in [9.17, 15) is 4.79 Å². The maximum Gasteiger partial charge on any atom is 0.255 e. The maximum atomic E-state index is 11.9. The number of rotatable bonds is 3. The molecule has 0 saturated heterocycles. The molecule has 0 radical (unpaired) electrons. The number of anilines is 2. The van der Waals surface area contributed by atoms with E-state index in [1.165, 1.54) is 0 Å². The first-order valence-corrected chi connectivity index (χ1v) is 5.15. The Morgan fingerprint density at radius 2 is 1.94 bits per heavy atom. The van der Waals surface area contributed by atoms with Crippen LogP contribution in [0.25, 0.3) is 0 Å². The molecule has 2 N–H and O–H groups in total. The fourth-order valence-corrected chi connectivity index (χ4v) is 1.35. The van der Waals surface area contributed by atoms with Gasteiger partial charge >= 0.3 is 0 Å². The van der Waals surface area contributed by atoms with Crippen LogP contribution in [0.2, 0.25) is 0 Å². The summed E-state index contributed by atoms with van der Waals surface area (Å²) in [6, 6.07) is 6.82. The summed E-state index contributed by atoms with van der Waals surface area (Å²) in [6.45, 7) is 0. The maximum absolute atomic E-state index is 11.9. The monoisotopic (exact) mass is 228 g/mol. The summed E-state index contributed by atoms with van der Waals surface area (Å²) in [5, 5.41) is 5.66. The molecule has 0 saturated carbocycles. The molecule has 0 spiro atoms. The largest absolute Gasteiger partial charge is 0.373 e. The van der Waals surface area contributed by atoms with Gasteiger partial charge in [-0.15, -0.1) is 0 Å². The summed E-state index contributed by atoms with van der Waals surface area (Å²) in [4.78, 5) is 19.8. The predicted octanol–water partition coefficient (Wildman–Crippen LogP) is 1.77. The van der Waals surface area contributed by atoms with Crippen LogP contribution in [0.5, 0.6) is 0 Å². The lowest BCUT2D eigenvalue weighted by molar-refractivity contribution is 0.102. The van der Waals surface area contributed by atoms with Crippen molar-refractivity contribution in [3.8, 4) is 0 Å². The summed E-state index contributed by atoms with van der Waals surface area (Å²) in [5.41, 5.74) is 1.27. The average molecular weight is 228 g/mol. The van der Waals surface area contributed by atoms with Crippen LogP contribution in [0.15, 0.2) is 42.9 Å². The lowest BCUT2D eigenvalue weighted by Gasteiger charge is -2.05. The van der Waals surface area contributed by atoms with Crippen LogP contribution in [0.1, 0.15) is 10.4 Å². The van der Waals surface area contributed by atoms with E-state index in [4.69, 9.17) is 0 Å². The summed E-state index contributed by atoms with van der Waals surface area (Å²) in [7, 11) is 1.76. The van der Waals surface area contributed by atoms with Gasteiger partial charge in [-0.1, -0.05) is 0 Å². The molecule has 1 amide bonds.